The molecule has 0 amide bonds. The number of rotatable bonds is 3. The summed E-state index contributed by atoms with van der Waals surface area (Å²) < 4.78 is 0. The number of hydrogen-bond donors (Lipinski definition) is 1. The Bertz CT molecular complexity index is 347. The summed E-state index contributed by atoms with van der Waals surface area (Å²) in [4.78, 5) is 1.59. The lowest BCUT2D eigenvalue weighted by molar-refractivity contribution is 0.485. The predicted molar refractivity (Wildman–Crippen MR) is 67.4 cm³/mol. The van der Waals surface area contributed by atoms with Crippen LogP contribution < -0.4 is 5.32 Å². The number of allylic oxidation sites excluding steroid dienone is 1. The topological polar surface area (TPSA) is 12.0 Å². The molecule has 82 valence electrons. The Balaban J connectivity index is 1.98. The molecule has 1 nitrogen and oxygen atoms in total. The van der Waals surface area contributed by atoms with E-state index in [-0.39, 0.29) is 0 Å². The first-order chi connectivity index (χ1) is 7.27. The van der Waals surface area contributed by atoms with Gasteiger partial charge in [-0.05, 0) is 50.1 Å². The third-order valence-corrected chi connectivity index (χ3v) is 3.92. The van der Waals surface area contributed by atoms with Crippen LogP contribution in [0.3, 0.4) is 0 Å². The first-order valence-corrected chi connectivity index (χ1v) is 6.58. The van der Waals surface area contributed by atoms with Crippen LogP contribution in [-0.4, -0.2) is 6.54 Å². The molecule has 0 bridgehead atoms. The zero-order chi connectivity index (χ0) is 10.7. The maximum Gasteiger partial charge on any atom is 0.0334 e. The standard InChI is InChI=1S/C13H19NS/c1-10(2)6-8-14-12-4-3-5-13-11(12)7-9-15-13/h6-7,9,12,14H,3-5,8H2,1-2H3. The monoisotopic (exact) mass is 221 g/mol. The van der Waals surface area contributed by atoms with Crippen molar-refractivity contribution in [3.8, 4) is 0 Å². The Morgan fingerprint density at radius 2 is 2.47 bits per heavy atom. The molecule has 0 saturated heterocycles. The highest BCUT2D eigenvalue weighted by atomic mass is 32.1. The number of thiophene rings is 1. The van der Waals surface area contributed by atoms with Crippen LogP contribution in [0, 0.1) is 0 Å². The molecule has 1 aromatic rings. The molecule has 1 aromatic heterocycles. The lowest BCUT2D eigenvalue weighted by atomic mass is 9.94. The van der Waals surface area contributed by atoms with Crippen molar-refractivity contribution in [1.29, 1.82) is 0 Å². The van der Waals surface area contributed by atoms with E-state index in [1.165, 1.54) is 24.8 Å². The van der Waals surface area contributed by atoms with Crippen molar-refractivity contribution in [1.82, 2.24) is 5.32 Å². The largest absolute Gasteiger partial charge is 0.306 e. The summed E-state index contributed by atoms with van der Waals surface area (Å²) in [7, 11) is 0. The molecule has 15 heavy (non-hydrogen) atoms. The van der Waals surface area contributed by atoms with Crippen LogP contribution in [0.15, 0.2) is 23.1 Å². The van der Waals surface area contributed by atoms with Gasteiger partial charge in [0.15, 0.2) is 0 Å². The second kappa shape index (κ2) is 4.95. The molecule has 0 fully saturated rings. The second-order valence-electron chi connectivity index (χ2n) is 4.43. The average molecular weight is 221 g/mol. The van der Waals surface area contributed by atoms with E-state index in [1.807, 2.05) is 11.3 Å². The molecule has 1 aliphatic carbocycles. The first-order valence-electron chi connectivity index (χ1n) is 5.70. The lowest BCUT2D eigenvalue weighted by Crippen LogP contribution is -2.24. The molecule has 1 N–H and O–H groups in total. The minimum atomic E-state index is 0.593. The summed E-state index contributed by atoms with van der Waals surface area (Å²) in [5.41, 5.74) is 2.94. The normalized spacial score (nSPS) is 19.7. The summed E-state index contributed by atoms with van der Waals surface area (Å²) in [6.07, 6.45) is 6.18. The van der Waals surface area contributed by atoms with Crippen LogP contribution in [0.5, 0.6) is 0 Å². The summed E-state index contributed by atoms with van der Waals surface area (Å²) in [5, 5.41) is 5.85. The Labute approximate surface area is 96.2 Å². The molecule has 0 aromatic carbocycles. The van der Waals surface area contributed by atoms with Gasteiger partial charge in [-0.3, -0.25) is 0 Å². The fourth-order valence-electron chi connectivity index (χ4n) is 2.10. The smallest absolute Gasteiger partial charge is 0.0334 e. The zero-order valence-corrected chi connectivity index (χ0v) is 10.4. The minimum Gasteiger partial charge on any atom is -0.306 e. The summed E-state index contributed by atoms with van der Waals surface area (Å²) in [6, 6.07) is 2.88. The average Bonchev–Trinajstić information content (AvgIpc) is 2.65. The van der Waals surface area contributed by atoms with Crippen LogP contribution in [0.2, 0.25) is 0 Å². The van der Waals surface area contributed by atoms with E-state index in [0.717, 1.165) is 6.54 Å². The molecule has 1 unspecified atom stereocenters. The van der Waals surface area contributed by atoms with Gasteiger partial charge in [-0.1, -0.05) is 11.6 Å². The third kappa shape index (κ3) is 2.70. The molecule has 1 aliphatic rings. The zero-order valence-electron chi connectivity index (χ0n) is 9.55. The minimum absolute atomic E-state index is 0.593. The molecule has 0 saturated carbocycles. The summed E-state index contributed by atoms with van der Waals surface area (Å²) in [6.45, 7) is 5.30. The van der Waals surface area contributed by atoms with Gasteiger partial charge >= 0.3 is 0 Å². The van der Waals surface area contributed by atoms with E-state index in [0.29, 0.717) is 6.04 Å². The highest BCUT2D eigenvalue weighted by molar-refractivity contribution is 7.10. The van der Waals surface area contributed by atoms with Gasteiger partial charge in [-0.25, -0.2) is 0 Å². The van der Waals surface area contributed by atoms with Crippen molar-refractivity contribution < 1.29 is 0 Å². The van der Waals surface area contributed by atoms with Gasteiger partial charge in [0.1, 0.15) is 0 Å². The van der Waals surface area contributed by atoms with Crippen molar-refractivity contribution in [3.05, 3.63) is 33.5 Å². The highest BCUT2D eigenvalue weighted by Crippen LogP contribution is 2.32. The fraction of sp³-hybridized carbons (Fsp3) is 0.538. The van der Waals surface area contributed by atoms with Gasteiger partial charge in [0.05, 0.1) is 0 Å². The quantitative estimate of drug-likeness (QED) is 0.768. The molecule has 1 atom stereocenters. The van der Waals surface area contributed by atoms with Crippen LogP contribution in [-0.2, 0) is 6.42 Å². The predicted octanol–water partition coefficient (Wildman–Crippen LogP) is 3.68. The van der Waals surface area contributed by atoms with Crippen molar-refractivity contribution >= 4 is 11.3 Å². The molecule has 0 radical (unpaired) electrons. The fourth-order valence-corrected chi connectivity index (χ4v) is 3.09. The van der Waals surface area contributed by atoms with Gasteiger partial charge in [-0.15, -0.1) is 11.3 Å². The Hall–Kier alpha value is -0.600. The molecule has 1 heterocycles. The maximum atomic E-state index is 3.63. The van der Waals surface area contributed by atoms with E-state index in [9.17, 15) is 0 Å². The number of aryl methyl sites for hydroxylation is 1. The second-order valence-corrected chi connectivity index (χ2v) is 5.43. The van der Waals surface area contributed by atoms with Crippen molar-refractivity contribution in [3.63, 3.8) is 0 Å². The van der Waals surface area contributed by atoms with Gasteiger partial charge in [0.25, 0.3) is 0 Å². The third-order valence-electron chi connectivity index (χ3n) is 2.93. The van der Waals surface area contributed by atoms with Gasteiger partial charge in [0.2, 0.25) is 0 Å². The number of nitrogens with one attached hydrogen (secondary N) is 1. The summed E-state index contributed by atoms with van der Waals surface area (Å²) >= 11 is 1.91. The molecule has 0 aliphatic heterocycles. The molecule has 2 rings (SSSR count). The van der Waals surface area contributed by atoms with Gasteiger partial charge < -0.3 is 5.32 Å². The lowest BCUT2D eigenvalue weighted by Gasteiger charge is -2.23. The number of hydrogen-bond acceptors (Lipinski definition) is 2. The van der Waals surface area contributed by atoms with Crippen LogP contribution in [0.4, 0.5) is 0 Å². The van der Waals surface area contributed by atoms with E-state index in [2.05, 4.69) is 36.7 Å². The molecular formula is C13H19NS. The maximum absolute atomic E-state index is 3.63. The van der Waals surface area contributed by atoms with E-state index in [4.69, 9.17) is 0 Å². The van der Waals surface area contributed by atoms with E-state index in [1.54, 1.807) is 10.4 Å². The Morgan fingerprint density at radius 3 is 3.27 bits per heavy atom. The summed E-state index contributed by atoms with van der Waals surface area (Å²) in [5.74, 6) is 0. The number of fused-ring (bicyclic) bond motifs is 1. The Morgan fingerprint density at radius 1 is 1.60 bits per heavy atom. The Kier molecular flexibility index (Phi) is 3.60. The van der Waals surface area contributed by atoms with Crippen molar-refractivity contribution in [2.24, 2.45) is 0 Å². The molecular weight excluding hydrogens is 202 g/mol. The van der Waals surface area contributed by atoms with Gasteiger partial charge in [-0.2, -0.15) is 0 Å². The van der Waals surface area contributed by atoms with Gasteiger partial charge in [0, 0.05) is 17.5 Å². The SMILES string of the molecule is CC(C)=CCNC1CCCc2sccc21. The van der Waals surface area contributed by atoms with Crippen LogP contribution in [0.25, 0.3) is 0 Å². The van der Waals surface area contributed by atoms with Crippen molar-refractivity contribution in [2.75, 3.05) is 6.54 Å². The first kappa shape index (κ1) is 10.9. The molecule has 0 spiro atoms. The van der Waals surface area contributed by atoms with Crippen molar-refractivity contribution in [2.45, 2.75) is 39.2 Å². The van der Waals surface area contributed by atoms with E-state index >= 15 is 0 Å². The van der Waals surface area contributed by atoms with Crippen LogP contribution >= 0.6 is 11.3 Å². The van der Waals surface area contributed by atoms with Crippen LogP contribution in [0.1, 0.15) is 43.2 Å². The molecule has 2 heteroatoms. The van der Waals surface area contributed by atoms with E-state index < -0.39 is 0 Å². The highest BCUT2D eigenvalue weighted by Gasteiger charge is 2.19.